The van der Waals surface area contributed by atoms with Crippen LogP contribution in [0.3, 0.4) is 0 Å². The van der Waals surface area contributed by atoms with E-state index in [0.29, 0.717) is 6.54 Å². The number of hydrogen-bond acceptors (Lipinski definition) is 3. The summed E-state index contributed by atoms with van der Waals surface area (Å²) in [4.78, 5) is 0. The van der Waals surface area contributed by atoms with Crippen molar-refractivity contribution in [2.45, 2.75) is 33.4 Å². The van der Waals surface area contributed by atoms with Gasteiger partial charge in [-0.3, -0.25) is 0 Å². The number of hydrogen-bond donors (Lipinski definition) is 1. The molecule has 0 saturated carbocycles. The summed E-state index contributed by atoms with van der Waals surface area (Å²) in [6.07, 6.45) is 0. The minimum Gasteiger partial charge on any atom is -0.326 e. The number of nitrogens with zero attached hydrogens (tertiary/aromatic N) is 3. The van der Waals surface area contributed by atoms with Crippen LogP contribution in [0, 0.1) is 13.8 Å². The third-order valence-corrected chi connectivity index (χ3v) is 2.59. The number of fused-ring (bicyclic) bond motifs is 1. The highest BCUT2D eigenvalue weighted by molar-refractivity contribution is 5.76. The number of rotatable bonds is 2. The minimum atomic E-state index is 0.0940. The van der Waals surface area contributed by atoms with Crippen LogP contribution in [-0.2, 0) is 6.54 Å². The van der Waals surface area contributed by atoms with Crippen molar-refractivity contribution < 1.29 is 0 Å². The summed E-state index contributed by atoms with van der Waals surface area (Å²) in [5.74, 6) is 0. The molecule has 15 heavy (non-hydrogen) atoms. The summed E-state index contributed by atoms with van der Waals surface area (Å²) < 4.78 is 1.87. The van der Waals surface area contributed by atoms with Crippen molar-refractivity contribution in [1.29, 1.82) is 0 Å². The Morgan fingerprint density at radius 3 is 2.67 bits per heavy atom. The monoisotopic (exact) mass is 204 g/mol. The van der Waals surface area contributed by atoms with Gasteiger partial charge in [0.2, 0.25) is 0 Å². The van der Waals surface area contributed by atoms with Crippen molar-refractivity contribution in [3.05, 3.63) is 23.3 Å². The van der Waals surface area contributed by atoms with Gasteiger partial charge in [0.25, 0.3) is 0 Å². The molecular formula is C11H16N4. The molecule has 0 aliphatic rings. The van der Waals surface area contributed by atoms with Crippen LogP contribution in [0.4, 0.5) is 0 Å². The first kappa shape index (κ1) is 10.1. The Hall–Kier alpha value is -1.42. The Morgan fingerprint density at radius 2 is 2.00 bits per heavy atom. The zero-order chi connectivity index (χ0) is 11.0. The summed E-state index contributed by atoms with van der Waals surface area (Å²) in [6, 6.07) is 4.28. The second-order valence-corrected chi connectivity index (χ2v) is 4.17. The second-order valence-electron chi connectivity index (χ2n) is 4.17. The summed E-state index contributed by atoms with van der Waals surface area (Å²) in [6.45, 7) is 6.85. The molecule has 0 saturated heterocycles. The molecule has 80 valence electrons. The molecule has 2 N–H and O–H groups in total. The molecule has 0 unspecified atom stereocenters. The van der Waals surface area contributed by atoms with Crippen molar-refractivity contribution >= 4 is 11.0 Å². The Bertz CT molecular complexity index is 485. The van der Waals surface area contributed by atoms with E-state index in [4.69, 9.17) is 5.73 Å². The molecule has 1 atom stereocenters. The van der Waals surface area contributed by atoms with E-state index in [9.17, 15) is 0 Å². The van der Waals surface area contributed by atoms with Gasteiger partial charge in [0.1, 0.15) is 5.52 Å². The van der Waals surface area contributed by atoms with E-state index in [1.807, 2.05) is 11.6 Å². The molecular weight excluding hydrogens is 188 g/mol. The Morgan fingerprint density at radius 1 is 1.33 bits per heavy atom. The summed E-state index contributed by atoms with van der Waals surface area (Å²) in [7, 11) is 0. The molecule has 1 heterocycles. The van der Waals surface area contributed by atoms with Crippen LogP contribution in [0.1, 0.15) is 18.1 Å². The average molecular weight is 204 g/mol. The van der Waals surface area contributed by atoms with Gasteiger partial charge < -0.3 is 5.73 Å². The Labute approximate surface area is 89.1 Å². The van der Waals surface area contributed by atoms with Crippen LogP contribution in [-0.4, -0.2) is 21.0 Å². The highest BCUT2D eigenvalue weighted by Crippen LogP contribution is 2.17. The molecule has 1 aromatic heterocycles. The molecule has 4 heteroatoms. The van der Waals surface area contributed by atoms with E-state index in [2.05, 4.69) is 36.3 Å². The van der Waals surface area contributed by atoms with Gasteiger partial charge in [0, 0.05) is 6.04 Å². The third kappa shape index (κ3) is 1.85. The fourth-order valence-corrected chi connectivity index (χ4v) is 1.63. The van der Waals surface area contributed by atoms with Crippen molar-refractivity contribution in [2.24, 2.45) is 5.73 Å². The zero-order valence-corrected chi connectivity index (χ0v) is 9.36. The van der Waals surface area contributed by atoms with Crippen molar-refractivity contribution in [2.75, 3.05) is 0 Å². The van der Waals surface area contributed by atoms with Crippen LogP contribution in [0.2, 0.25) is 0 Å². The highest BCUT2D eigenvalue weighted by Gasteiger charge is 2.07. The SMILES string of the molecule is Cc1cc2nnn(C[C@@H](C)N)c2cc1C. The van der Waals surface area contributed by atoms with Crippen LogP contribution in [0.5, 0.6) is 0 Å². The average Bonchev–Trinajstić information content (AvgIpc) is 2.49. The first-order valence-electron chi connectivity index (χ1n) is 5.14. The van der Waals surface area contributed by atoms with Gasteiger partial charge in [-0.25, -0.2) is 4.68 Å². The van der Waals surface area contributed by atoms with Gasteiger partial charge >= 0.3 is 0 Å². The molecule has 0 aliphatic heterocycles. The maximum absolute atomic E-state index is 5.75. The van der Waals surface area contributed by atoms with Crippen LogP contribution in [0.25, 0.3) is 11.0 Å². The quantitative estimate of drug-likeness (QED) is 0.804. The lowest BCUT2D eigenvalue weighted by molar-refractivity contribution is 0.536. The van der Waals surface area contributed by atoms with Crippen LogP contribution in [0.15, 0.2) is 12.1 Å². The molecule has 4 nitrogen and oxygen atoms in total. The lowest BCUT2D eigenvalue weighted by Crippen LogP contribution is -2.22. The first-order valence-corrected chi connectivity index (χ1v) is 5.14. The number of aromatic nitrogens is 3. The maximum atomic E-state index is 5.75. The fourth-order valence-electron chi connectivity index (χ4n) is 1.63. The molecule has 2 aromatic rings. The fraction of sp³-hybridized carbons (Fsp3) is 0.455. The molecule has 0 aliphatic carbocycles. The highest BCUT2D eigenvalue weighted by atomic mass is 15.4. The molecule has 0 radical (unpaired) electrons. The Balaban J connectivity index is 2.54. The topological polar surface area (TPSA) is 56.7 Å². The molecule has 0 bridgehead atoms. The van der Waals surface area contributed by atoms with Gasteiger partial charge in [-0.2, -0.15) is 0 Å². The largest absolute Gasteiger partial charge is 0.326 e. The van der Waals surface area contributed by atoms with Gasteiger partial charge in [-0.05, 0) is 44.0 Å². The third-order valence-electron chi connectivity index (χ3n) is 2.59. The molecule has 2 rings (SSSR count). The van der Waals surface area contributed by atoms with Gasteiger partial charge in [0.15, 0.2) is 0 Å². The standard InChI is InChI=1S/C11H16N4/c1-7-4-10-11(5-8(7)2)15(14-13-10)6-9(3)12/h4-5,9H,6,12H2,1-3H3/t9-/m1/s1. The first-order chi connectivity index (χ1) is 7.08. The molecule has 0 fully saturated rings. The molecule has 0 spiro atoms. The van der Waals surface area contributed by atoms with Crippen LogP contribution < -0.4 is 5.73 Å². The normalized spacial score (nSPS) is 13.3. The molecule has 0 amide bonds. The number of nitrogens with two attached hydrogens (primary N) is 1. The predicted octanol–water partition coefficient (Wildman–Crippen LogP) is 1.40. The lowest BCUT2D eigenvalue weighted by Gasteiger charge is -2.06. The van der Waals surface area contributed by atoms with E-state index in [1.165, 1.54) is 11.1 Å². The second kappa shape index (κ2) is 3.62. The van der Waals surface area contributed by atoms with Crippen LogP contribution >= 0.6 is 0 Å². The van der Waals surface area contributed by atoms with Gasteiger partial charge in [-0.15, -0.1) is 5.10 Å². The Kier molecular flexibility index (Phi) is 2.44. The smallest absolute Gasteiger partial charge is 0.113 e. The van der Waals surface area contributed by atoms with Crippen molar-refractivity contribution in [3.8, 4) is 0 Å². The predicted molar refractivity (Wildman–Crippen MR) is 60.7 cm³/mol. The van der Waals surface area contributed by atoms with Gasteiger partial charge in [0.05, 0.1) is 12.1 Å². The van der Waals surface area contributed by atoms with E-state index >= 15 is 0 Å². The molecule has 1 aromatic carbocycles. The number of aryl methyl sites for hydroxylation is 2. The van der Waals surface area contributed by atoms with E-state index in [-0.39, 0.29) is 6.04 Å². The van der Waals surface area contributed by atoms with E-state index < -0.39 is 0 Å². The summed E-state index contributed by atoms with van der Waals surface area (Å²) in [5, 5.41) is 8.24. The maximum Gasteiger partial charge on any atom is 0.113 e. The van der Waals surface area contributed by atoms with Gasteiger partial charge in [-0.1, -0.05) is 5.21 Å². The van der Waals surface area contributed by atoms with Crippen molar-refractivity contribution in [1.82, 2.24) is 15.0 Å². The van der Waals surface area contributed by atoms with E-state index in [1.54, 1.807) is 0 Å². The van der Waals surface area contributed by atoms with E-state index in [0.717, 1.165) is 11.0 Å². The zero-order valence-electron chi connectivity index (χ0n) is 9.36. The summed E-state index contributed by atoms with van der Waals surface area (Å²) >= 11 is 0. The van der Waals surface area contributed by atoms with Crippen molar-refractivity contribution in [3.63, 3.8) is 0 Å². The number of benzene rings is 1. The minimum absolute atomic E-state index is 0.0940. The summed E-state index contributed by atoms with van der Waals surface area (Å²) in [5.41, 5.74) is 10.3. The lowest BCUT2D eigenvalue weighted by atomic mass is 10.1.